The van der Waals surface area contributed by atoms with Gasteiger partial charge in [0.25, 0.3) is 0 Å². The highest BCUT2D eigenvalue weighted by atomic mass is 15.0. The Kier molecular flexibility index (Phi) is 4.89. The maximum atomic E-state index is 7.87. The highest BCUT2D eigenvalue weighted by Crippen LogP contribution is 2.42. The molecule has 0 atom stereocenters. The van der Waals surface area contributed by atoms with Gasteiger partial charge < -0.3 is 9.13 Å². The van der Waals surface area contributed by atoms with E-state index in [-0.39, 0.29) is 0 Å². The van der Waals surface area contributed by atoms with Gasteiger partial charge in [0.15, 0.2) is 0 Å². The second kappa shape index (κ2) is 8.73. The highest BCUT2D eigenvalue weighted by molar-refractivity contribution is 6.17. The lowest BCUT2D eigenvalue weighted by molar-refractivity contribution is 1.17. The zero-order valence-electron chi connectivity index (χ0n) is 21.6. The summed E-state index contributed by atoms with van der Waals surface area (Å²) in [5.74, 6) is 0. The van der Waals surface area contributed by atoms with Crippen molar-refractivity contribution in [1.82, 2.24) is 9.13 Å². The summed E-state index contributed by atoms with van der Waals surface area (Å²) in [7, 11) is 0. The normalized spacial score (nSPS) is 11.5. The Hall–Kier alpha value is -5.59. The number of hydrogen-bond acceptors (Lipinski definition) is 0. The average molecular weight is 510 g/mol. The van der Waals surface area contributed by atoms with E-state index in [9.17, 15) is 0 Å². The Morgan fingerprint density at radius 1 is 0.475 bits per heavy atom. The number of nitrogens with zero attached hydrogens (tertiary/aromatic N) is 3. The van der Waals surface area contributed by atoms with E-state index in [0.717, 1.165) is 27.8 Å². The molecule has 8 aromatic rings. The smallest absolute Gasteiger partial charge is 0.210 e. The van der Waals surface area contributed by atoms with Gasteiger partial charge in [-0.1, -0.05) is 97.1 Å². The van der Waals surface area contributed by atoms with Crippen LogP contribution in [0.5, 0.6) is 0 Å². The fourth-order valence-electron chi connectivity index (χ4n) is 6.26. The SMILES string of the molecule is [C-]#[N+]c1ccccc1-n1c2ccc(-n3c4ccccc4c4ccccc43)cc2c2c(-c3ccccc3)cccc21. The van der Waals surface area contributed by atoms with Crippen LogP contribution in [-0.4, -0.2) is 9.13 Å². The minimum Gasteiger partial charge on any atom is -0.319 e. The largest absolute Gasteiger partial charge is 0.319 e. The Bertz CT molecular complexity index is 2220. The molecule has 2 heterocycles. The molecule has 6 aromatic carbocycles. The molecule has 40 heavy (non-hydrogen) atoms. The van der Waals surface area contributed by atoms with Crippen LogP contribution in [0.15, 0.2) is 140 Å². The van der Waals surface area contributed by atoms with Gasteiger partial charge in [-0.3, -0.25) is 0 Å². The number of hydrogen-bond donors (Lipinski definition) is 0. The standard InChI is InChI=1S/C37H23N3/c1-38-31-17-7-10-20-35(31)40-34-23-22-26(39-32-18-8-5-14-28(32)29-15-6-9-19-33(29)39)24-30(34)37-27(16-11-21-36(37)40)25-12-3-2-4-13-25/h2-24H. The van der Waals surface area contributed by atoms with Crippen molar-refractivity contribution in [2.75, 3.05) is 0 Å². The van der Waals surface area contributed by atoms with Crippen LogP contribution in [-0.2, 0) is 0 Å². The lowest BCUT2D eigenvalue weighted by Crippen LogP contribution is -1.96. The molecule has 0 aliphatic carbocycles. The van der Waals surface area contributed by atoms with Crippen LogP contribution in [0, 0.1) is 6.57 Å². The number of rotatable bonds is 3. The van der Waals surface area contributed by atoms with Crippen LogP contribution in [0.2, 0.25) is 0 Å². The number of benzene rings is 6. The fourth-order valence-corrected chi connectivity index (χ4v) is 6.26. The molecule has 0 aliphatic rings. The summed E-state index contributed by atoms with van der Waals surface area (Å²) in [5, 5.41) is 4.84. The van der Waals surface area contributed by atoms with Gasteiger partial charge in [-0.05, 0) is 53.6 Å². The van der Waals surface area contributed by atoms with Gasteiger partial charge in [0.05, 0.1) is 34.3 Å². The number of aromatic nitrogens is 2. The number of para-hydroxylation sites is 4. The molecule has 8 rings (SSSR count). The van der Waals surface area contributed by atoms with Gasteiger partial charge >= 0.3 is 0 Å². The van der Waals surface area contributed by atoms with Crippen LogP contribution < -0.4 is 0 Å². The minimum atomic E-state index is 0.637. The first-order valence-corrected chi connectivity index (χ1v) is 13.4. The van der Waals surface area contributed by atoms with E-state index < -0.39 is 0 Å². The lowest BCUT2D eigenvalue weighted by Gasteiger charge is -2.11. The molecule has 0 unspecified atom stereocenters. The van der Waals surface area contributed by atoms with Gasteiger partial charge in [0, 0.05) is 27.2 Å². The topological polar surface area (TPSA) is 14.2 Å². The van der Waals surface area contributed by atoms with Crippen LogP contribution in [0.3, 0.4) is 0 Å². The summed E-state index contributed by atoms with van der Waals surface area (Å²) in [6.07, 6.45) is 0. The van der Waals surface area contributed by atoms with E-state index >= 15 is 0 Å². The van der Waals surface area contributed by atoms with E-state index in [2.05, 4.69) is 129 Å². The summed E-state index contributed by atoms with van der Waals surface area (Å²) in [4.78, 5) is 3.87. The number of fused-ring (bicyclic) bond motifs is 6. The Morgan fingerprint density at radius 2 is 1.10 bits per heavy atom. The molecule has 0 N–H and O–H groups in total. The predicted octanol–water partition coefficient (Wildman–Crippen LogP) is 10.1. The van der Waals surface area contributed by atoms with E-state index in [4.69, 9.17) is 6.57 Å². The van der Waals surface area contributed by atoms with Gasteiger partial charge in [-0.15, -0.1) is 0 Å². The van der Waals surface area contributed by atoms with Crippen LogP contribution >= 0.6 is 0 Å². The molecule has 0 saturated carbocycles. The van der Waals surface area contributed by atoms with Crippen molar-refractivity contribution in [1.29, 1.82) is 0 Å². The zero-order chi connectivity index (χ0) is 26.6. The van der Waals surface area contributed by atoms with Crippen LogP contribution in [0.4, 0.5) is 5.69 Å². The second-order valence-corrected chi connectivity index (χ2v) is 10.1. The third kappa shape index (κ3) is 3.17. The summed E-state index contributed by atoms with van der Waals surface area (Å²) in [5.41, 5.74) is 9.55. The maximum Gasteiger partial charge on any atom is 0.210 e. The molecule has 0 bridgehead atoms. The monoisotopic (exact) mass is 509 g/mol. The van der Waals surface area contributed by atoms with E-state index in [1.54, 1.807) is 0 Å². The molecular weight excluding hydrogens is 486 g/mol. The third-order valence-electron chi connectivity index (χ3n) is 7.94. The molecule has 0 fully saturated rings. The quantitative estimate of drug-likeness (QED) is 0.210. The summed E-state index contributed by atoms with van der Waals surface area (Å²) in [6.45, 7) is 7.87. The predicted molar refractivity (Wildman–Crippen MR) is 167 cm³/mol. The molecule has 3 nitrogen and oxygen atoms in total. The minimum absolute atomic E-state index is 0.637. The first-order chi connectivity index (χ1) is 19.8. The zero-order valence-corrected chi connectivity index (χ0v) is 21.6. The van der Waals surface area contributed by atoms with Crippen molar-refractivity contribution < 1.29 is 0 Å². The first-order valence-electron chi connectivity index (χ1n) is 13.4. The third-order valence-corrected chi connectivity index (χ3v) is 7.94. The van der Waals surface area contributed by atoms with Crippen LogP contribution in [0.1, 0.15) is 0 Å². The molecule has 0 spiro atoms. The molecule has 2 aromatic heterocycles. The Balaban J connectivity index is 1.53. The van der Waals surface area contributed by atoms with Crippen molar-refractivity contribution in [3.63, 3.8) is 0 Å². The van der Waals surface area contributed by atoms with Gasteiger partial charge in [-0.25, -0.2) is 4.85 Å². The van der Waals surface area contributed by atoms with Crippen molar-refractivity contribution in [2.24, 2.45) is 0 Å². The summed E-state index contributed by atoms with van der Waals surface area (Å²) < 4.78 is 4.62. The van der Waals surface area contributed by atoms with Gasteiger partial charge in [-0.2, -0.15) is 0 Å². The van der Waals surface area contributed by atoms with Crippen LogP contribution in [0.25, 0.3) is 71.0 Å². The maximum absolute atomic E-state index is 7.87. The highest BCUT2D eigenvalue weighted by Gasteiger charge is 2.19. The summed E-state index contributed by atoms with van der Waals surface area (Å²) >= 11 is 0. The first kappa shape index (κ1) is 22.4. The van der Waals surface area contributed by atoms with Crippen molar-refractivity contribution in [3.8, 4) is 22.5 Å². The van der Waals surface area contributed by atoms with Crippen molar-refractivity contribution in [2.45, 2.75) is 0 Å². The van der Waals surface area contributed by atoms with E-state index in [1.807, 2.05) is 24.3 Å². The Labute approximate surface area is 231 Å². The molecule has 0 saturated heterocycles. The van der Waals surface area contributed by atoms with E-state index in [0.29, 0.717) is 5.69 Å². The van der Waals surface area contributed by atoms with Gasteiger partial charge in [0.2, 0.25) is 5.69 Å². The average Bonchev–Trinajstić information content (AvgIpc) is 3.54. The van der Waals surface area contributed by atoms with E-state index in [1.165, 1.54) is 38.3 Å². The molecule has 0 aliphatic heterocycles. The molecule has 0 radical (unpaired) electrons. The summed E-state index contributed by atoms with van der Waals surface area (Å²) in [6, 6.07) is 48.9. The molecule has 3 heteroatoms. The Morgan fingerprint density at radius 3 is 1.85 bits per heavy atom. The molecule has 0 amide bonds. The molecular formula is C37H23N3. The molecule has 186 valence electrons. The van der Waals surface area contributed by atoms with Crippen molar-refractivity contribution in [3.05, 3.63) is 151 Å². The second-order valence-electron chi connectivity index (χ2n) is 10.1. The fraction of sp³-hybridized carbons (Fsp3) is 0. The van der Waals surface area contributed by atoms with Gasteiger partial charge in [0.1, 0.15) is 0 Å². The lowest BCUT2D eigenvalue weighted by atomic mass is 9.99. The van der Waals surface area contributed by atoms with Crippen molar-refractivity contribution >= 4 is 49.3 Å².